The Balaban J connectivity index is 2.69. The van der Waals surface area contributed by atoms with Gasteiger partial charge in [0.1, 0.15) is 0 Å². The van der Waals surface area contributed by atoms with Crippen molar-refractivity contribution in [3.05, 3.63) is 0 Å². The highest BCUT2D eigenvalue weighted by molar-refractivity contribution is 5.76. The van der Waals surface area contributed by atoms with Crippen LogP contribution in [0.5, 0.6) is 0 Å². The fourth-order valence-electron chi connectivity index (χ4n) is 2.97. The molecule has 5 nitrogen and oxygen atoms in total. The molecule has 20 heavy (non-hydrogen) atoms. The van der Waals surface area contributed by atoms with E-state index in [1.165, 1.54) is 0 Å². The predicted octanol–water partition coefficient (Wildman–Crippen LogP) is 2.85. The van der Waals surface area contributed by atoms with Gasteiger partial charge in [-0.3, -0.25) is 4.79 Å². The number of carboxylic acids is 1. The molecule has 0 bridgehead atoms. The average molecular weight is 284 g/mol. The quantitative estimate of drug-likeness (QED) is 0.834. The first-order valence-corrected chi connectivity index (χ1v) is 7.39. The normalized spacial score (nSPS) is 18.4. The minimum atomic E-state index is -0.842. The van der Waals surface area contributed by atoms with Gasteiger partial charge in [0.05, 0.1) is 12.0 Å². The third-order valence-electron chi connectivity index (χ3n) is 3.73. The van der Waals surface area contributed by atoms with Gasteiger partial charge in [0, 0.05) is 13.6 Å². The summed E-state index contributed by atoms with van der Waals surface area (Å²) >= 11 is 0. The third kappa shape index (κ3) is 5.39. The van der Waals surface area contributed by atoms with E-state index < -0.39 is 11.5 Å². The predicted molar refractivity (Wildman–Crippen MR) is 78.7 cm³/mol. The lowest BCUT2D eigenvalue weighted by Gasteiger charge is -2.39. The van der Waals surface area contributed by atoms with E-state index >= 15 is 0 Å². The minimum absolute atomic E-state index is 0.0160. The van der Waals surface area contributed by atoms with Crippen LogP contribution in [0.4, 0.5) is 4.79 Å². The standard InChI is InChI=1S/C15H28N2O3/c1-14(2,3)11-17(4)13(20)16-15(10-12(18)19)8-6-5-7-9-15/h5-11H2,1-4H3,(H,16,20)(H,18,19). The summed E-state index contributed by atoms with van der Waals surface area (Å²) in [5, 5.41) is 12.1. The summed E-state index contributed by atoms with van der Waals surface area (Å²) in [6.45, 7) is 6.86. The van der Waals surface area contributed by atoms with Crippen molar-refractivity contribution < 1.29 is 14.7 Å². The van der Waals surface area contributed by atoms with Crippen molar-refractivity contribution >= 4 is 12.0 Å². The molecule has 1 rings (SSSR count). The van der Waals surface area contributed by atoms with Gasteiger partial charge in [-0.25, -0.2) is 4.79 Å². The van der Waals surface area contributed by atoms with E-state index in [1.807, 2.05) is 0 Å². The summed E-state index contributed by atoms with van der Waals surface area (Å²) < 4.78 is 0. The molecule has 1 saturated carbocycles. The van der Waals surface area contributed by atoms with Crippen LogP contribution >= 0.6 is 0 Å². The molecule has 1 aliphatic carbocycles. The first-order valence-electron chi connectivity index (χ1n) is 7.39. The number of rotatable bonds is 4. The fraction of sp³-hybridized carbons (Fsp3) is 0.867. The van der Waals surface area contributed by atoms with Gasteiger partial charge < -0.3 is 15.3 Å². The summed E-state index contributed by atoms with van der Waals surface area (Å²) in [4.78, 5) is 25.0. The van der Waals surface area contributed by atoms with Crippen LogP contribution in [0.3, 0.4) is 0 Å². The number of nitrogens with zero attached hydrogens (tertiary/aromatic N) is 1. The summed E-state index contributed by atoms with van der Waals surface area (Å²) in [6.07, 6.45) is 4.62. The zero-order valence-corrected chi connectivity index (χ0v) is 13.2. The van der Waals surface area contributed by atoms with Gasteiger partial charge >= 0.3 is 12.0 Å². The molecular weight excluding hydrogens is 256 g/mol. The van der Waals surface area contributed by atoms with Crippen LogP contribution in [-0.4, -0.2) is 41.1 Å². The van der Waals surface area contributed by atoms with Crippen LogP contribution in [-0.2, 0) is 4.79 Å². The summed E-state index contributed by atoms with van der Waals surface area (Å²) in [5.41, 5.74) is -0.536. The number of aliphatic carboxylic acids is 1. The number of carbonyl (C=O) groups excluding carboxylic acids is 1. The molecule has 1 fully saturated rings. The zero-order chi connectivity index (χ0) is 15.4. The lowest BCUT2D eigenvalue weighted by Crippen LogP contribution is -2.55. The summed E-state index contributed by atoms with van der Waals surface area (Å²) in [5.74, 6) is -0.842. The molecule has 1 aliphatic rings. The fourth-order valence-corrected chi connectivity index (χ4v) is 2.97. The van der Waals surface area contributed by atoms with Gasteiger partial charge in [-0.2, -0.15) is 0 Å². The molecule has 0 radical (unpaired) electrons. The highest BCUT2D eigenvalue weighted by Gasteiger charge is 2.36. The van der Waals surface area contributed by atoms with Crippen LogP contribution in [0.15, 0.2) is 0 Å². The topological polar surface area (TPSA) is 69.6 Å². The van der Waals surface area contributed by atoms with Crippen molar-refractivity contribution in [3.63, 3.8) is 0 Å². The smallest absolute Gasteiger partial charge is 0.317 e. The summed E-state index contributed by atoms with van der Waals surface area (Å²) in [6, 6.07) is -0.164. The number of carbonyl (C=O) groups is 2. The second kappa shape index (κ2) is 6.46. The van der Waals surface area contributed by atoms with Gasteiger partial charge in [0.2, 0.25) is 0 Å². The molecular formula is C15H28N2O3. The van der Waals surface area contributed by atoms with Crippen LogP contribution < -0.4 is 5.32 Å². The molecule has 0 aliphatic heterocycles. The van der Waals surface area contributed by atoms with E-state index in [4.69, 9.17) is 5.11 Å². The number of amides is 2. The zero-order valence-electron chi connectivity index (χ0n) is 13.2. The largest absolute Gasteiger partial charge is 0.481 e. The third-order valence-corrected chi connectivity index (χ3v) is 3.73. The van der Waals surface area contributed by atoms with Crippen LogP contribution in [0, 0.1) is 5.41 Å². The molecule has 0 atom stereocenters. The molecule has 0 aromatic carbocycles. The Morgan fingerprint density at radius 1 is 1.20 bits per heavy atom. The first kappa shape index (κ1) is 16.8. The molecule has 116 valence electrons. The maximum absolute atomic E-state index is 12.3. The molecule has 0 aromatic rings. The van der Waals surface area contributed by atoms with Crippen molar-refractivity contribution in [2.24, 2.45) is 5.41 Å². The number of carboxylic acid groups (broad SMARTS) is 1. The van der Waals surface area contributed by atoms with Gasteiger partial charge in [-0.05, 0) is 18.3 Å². The first-order chi connectivity index (χ1) is 9.14. The Bertz CT molecular complexity index is 355. The maximum Gasteiger partial charge on any atom is 0.317 e. The van der Waals surface area contributed by atoms with Gasteiger partial charge in [0.25, 0.3) is 0 Å². The Labute approximate surface area is 121 Å². The van der Waals surface area contributed by atoms with E-state index in [2.05, 4.69) is 26.1 Å². The SMILES string of the molecule is CN(CC(C)(C)C)C(=O)NC1(CC(=O)O)CCCCC1. The Morgan fingerprint density at radius 2 is 1.75 bits per heavy atom. The van der Waals surface area contributed by atoms with Gasteiger partial charge in [0.15, 0.2) is 0 Å². The number of nitrogens with one attached hydrogen (secondary N) is 1. The number of hydrogen-bond donors (Lipinski definition) is 2. The lowest BCUT2D eigenvalue weighted by molar-refractivity contribution is -0.139. The van der Waals surface area contributed by atoms with Gasteiger partial charge in [-0.15, -0.1) is 0 Å². The van der Waals surface area contributed by atoms with E-state index in [9.17, 15) is 9.59 Å². The van der Waals surface area contributed by atoms with Crippen molar-refractivity contribution in [3.8, 4) is 0 Å². The highest BCUT2D eigenvalue weighted by Crippen LogP contribution is 2.31. The van der Waals surface area contributed by atoms with E-state index in [0.717, 1.165) is 32.1 Å². The highest BCUT2D eigenvalue weighted by atomic mass is 16.4. The van der Waals surface area contributed by atoms with Crippen molar-refractivity contribution in [2.75, 3.05) is 13.6 Å². The second-order valence-corrected chi connectivity index (χ2v) is 7.26. The van der Waals surface area contributed by atoms with E-state index in [0.29, 0.717) is 6.54 Å². The molecule has 0 aromatic heterocycles. The Morgan fingerprint density at radius 3 is 2.20 bits per heavy atom. The molecule has 0 unspecified atom stereocenters. The van der Waals surface area contributed by atoms with Crippen LogP contribution in [0.2, 0.25) is 0 Å². The van der Waals surface area contributed by atoms with Crippen LogP contribution in [0.1, 0.15) is 59.3 Å². The Hall–Kier alpha value is -1.26. The average Bonchev–Trinajstić information content (AvgIpc) is 2.26. The molecule has 2 N–H and O–H groups in total. The maximum atomic E-state index is 12.3. The van der Waals surface area contributed by atoms with Crippen molar-refractivity contribution in [2.45, 2.75) is 64.8 Å². The summed E-state index contributed by atoms with van der Waals surface area (Å²) in [7, 11) is 1.76. The molecule has 0 spiro atoms. The number of urea groups is 1. The number of hydrogen-bond acceptors (Lipinski definition) is 2. The van der Waals surface area contributed by atoms with Crippen molar-refractivity contribution in [1.29, 1.82) is 0 Å². The lowest BCUT2D eigenvalue weighted by atomic mass is 9.79. The van der Waals surface area contributed by atoms with E-state index in [-0.39, 0.29) is 17.9 Å². The second-order valence-electron chi connectivity index (χ2n) is 7.26. The van der Waals surface area contributed by atoms with Gasteiger partial charge in [-0.1, -0.05) is 40.0 Å². The molecule has 0 saturated heterocycles. The van der Waals surface area contributed by atoms with Crippen LogP contribution in [0.25, 0.3) is 0 Å². The monoisotopic (exact) mass is 284 g/mol. The molecule has 0 heterocycles. The minimum Gasteiger partial charge on any atom is -0.481 e. The van der Waals surface area contributed by atoms with Crippen molar-refractivity contribution in [1.82, 2.24) is 10.2 Å². The molecule has 5 heteroatoms. The Kier molecular flexibility index (Phi) is 5.42. The van der Waals surface area contributed by atoms with E-state index in [1.54, 1.807) is 11.9 Å². The molecule has 2 amide bonds.